The quantitative estimate of drug-likeness (QED) is 0.635. The van der Waals surface area contributed by atoms with Gasteiger partial charge in [0.2, 0.25) is 5.91 Å². The number of carbonyl (C=O) groups is 1. The molecule has 2 N–H and O–H groups in total. The van der Waals surface area contributed by atoms with Gasteiger partial charge in [0.1, 0.15) is 5.75 Å². The standard InChI is InChI=1S/C24H26N2O2S/c1-28-21-10-5-3-8-19(21)16-26-13-12-24(17-26,23(25)27)15-18-7-2-4-9-20(18)22-11-6-14-29-22/h2-11,14H,12-13,15-17H2,1H3,(H2,25,27). The van der Waals surface area contributed by atoms with Gasteiger partial charge in [-0.1, -0.05) is 48.5 Å². The highest BCUT2D eigenvalue weighted by atomic mass is 32.1. The minimum absolute atomic E-state index is 0.207. The molecule has 1 fully saturated rings. The van der Waals surface area contributed by atoms with Crippen LogP contribution in [0.25, 0.3) is 10.4 Å². The van der Waals surface area contributed by atoms with Crippen molar-refractivity contribution in [1.82, 2.24) is 4.90 Å². The third kappa shape index (κ3) is 4.07. The maximum absolute atomic E-state index is 12.6. The number of ether oxygens (including phenoxy) is 1. The van der Waals surface area contributed by atoms with Crippen LogP contribution in [-0.2, 0) is 17.8 Å². The number of hydrogen-bond acceptors (Lipinski definition) is 4. The van der Waals surface area contributed by atoms with Gasteiger partial charge >= 0.3 is 0 Å². The van der Waals surface area contributed by atoms with Crippen LogP contribution in [0.2, 0.25) is 0 Å². The first-order valence-electron chi connectivity index (χ1n) is 9.87. The van der Waals surface area contributed by atoms with Crippen molar-refractivity contribution in [2.75, 3.05) is 20.2 Å². The van der Waals surface area contributed by atoms with Crippen molar-refractivity contribution in [3.05, 3.63) is 77.2 Å². The molecule has 0 saturated carbocycles. The van der Waals surface area contributed by atoms with Crippen LogP contribution in [0.1, 0.15) is 17.5 Å². The van der Waals surface area contributed by atoms with Crippen molar-refractivity contribution in [2.45, 2.75) is 19.4 Å². The lowest BCUT2D eigenvalue weighted by atomic mass is 9.79. The zero-order valence-electron chi connectivity index (χ0n) is 16.6. The summed E-state index contributed by atoms with van der Waals surface area (Å²) in [5, 5.41) is 2.08. The number of hydrogen-bond donors (Lipinski definition) is 1. The molecule has 150 valence electrons. The van der Waals surface area contributed by atoms with E-state index < -0.39 is 5.41 Å². The number of amides is 1. The second-order valence-corrected chi connectivity index (χ2v) is 8.68. The van der Waals surface area contributed by atoms with E-state index in [0.29, 0.717) is 13.0 Å². The fourth-order valence-electron chi connectivity index (χ4n) is 4.31. The Hall–Kier alpha value is -2.63. The lowest BCUT2D eigenvalue weighted by Crippen LogP contribution is -2.41. The maximum Gasteiger partial charge on any atom is 0.225 e. The third-order valence-electron chi connectivity index (χ3n) is 5.87. The molecule has 0 radical (unpaired) electrons. The molecule has 1 aliphatic heterocycles. The Kier molecular flexibility index (Phi) is 5.69. The minimum Gasteiger partial charge on any atom is -0.496 e. The molecule has 0 aliphatic carbocycles. The highest BCUT2D eigenvalue weighted by molar-refractivity contribution is 7.13. The molecule has 1 saturated heterocycles. The van der Waals surface area contributed by atoms with E-state index >= 15 is 0 Å². The fourth-order valence-corrected chi connectivity index (χ4v) is 5.10. The first kappa shape index (κ1) is 19.7. The van der Waals surface area contributed by atoms with Crippen molar-refractivity contribution >= 4 is 17.2 Å². The topological polar surface area (TPSA) is 55.6 Å². The summed E-state index contributed by atoms with van der Waals surface area (Å²) >= 11 is 1.72. The molecule has 1 amide bonds. The summed E-state index contributed by atoms with van der Waals surface area (Å²) in [5.41, 5.74) is 8.95. The van der Waals surface area contributed by atoms with Gasteiger partial charge in [0.25, 0.3) is 0 Å². The third-order valence-corrected chi connectivity index (χ3v) is 6.78. The van der Waals surface area contributed by atoms with E-state index in [2.05, 4.69) is 46.7 Å². The first-order chi connectivity index (χ1) is 14.1. The Balaban J connectivity index is 1.57. The Bertz CT molecular complexity index is 986. The molecule has 1 aromatic heterocycles. The zero-order valence-corrected chi connectivity index (χ0v) is 17.5. The summed E-state index contributed by atoms with van der Waals surface area (Å²) in [4.78, 5) is 16.2. The molecule has 1 atom stereocenters. The van der Waals surface area contributed by atoms with Crippen molar-refractivity contribution in [3.63, 3.8) is 0 Å². The van der Waals surface area contributed by atoms with Crippen LogP contribution in [0, 0.1) is 5.41 Å². The minimum atomic E-state index is -0.546. The molecule has 1 unspecified atom stereocenters. The van der Waals surface area contributed by atoms with Gasteiger partial charge in [0, 0.05) is 23.5 Å². The molecular weight excluding hydrogens is 380 g/mol. The summed E-state index contributed by atoms with van der Waals surface area (Å²) < 4.78 is 5.49. The van der Waals surface area contributed by atoms with E-state index in [1.54, 1.807) is 18.4 Å². The fraction of sp³-hybridized carbons (Fsp3) is 0.292. The molecule has 1 aliphatic rings. The van der Waals surface area contributed by atoms with Crippen LogP contribution in [-0.4, -0.2) is 31.0 Å². The van der Waals surface area contributed by atoms with Gasteiger partial charge in [-0.3, -0.25) is 9.69 Å². The van der Waals surface area contributed by atoms with Gasteiger partial charge in [-0.2, -0.15) is 0 Å². The molecule has 2 aromatic carbocycles. The van der Waals surface area contributed by atoms with Crippen LogP contribution in [0.3, 0.4) is 0 Å². The van der Waals surface area contributed by atoms with E-state index in [1.807, 2.05) is 24.3 Å². The van der Waals surface area contributed by atoms with Gasteiger partial charge in [-0.15, -0.1) is 11.3 Å². The van der Waals surface area contributed by atoms with Gasteiger partial charge in [0.05, 0.1) is 12.5 Å². The van der Waals surface area contributed by atoms with Crippen molar-refractivity contribution in [2.24, 2.45) is 11.1 Å². The lowest BCUT2D eigenvalue weighted by Gasteiger charge is -2.27. The van der Waals surface area contributed by atoms with Crippen LogP contribution >= 0.6 is 11.3 Å². The van der Waals surface area contributed by atoms with E-state index in [9.17, 15) is 4.79 Å². The maximum atomic E-state index is 12.6. The van der Waals surface area contributed by atoms with E-state index in [-0.39, 0.29) is 5.91 Å². The number of rotatable bonds is 7. The largest absolute Gasteiger partial charge is 0.496 e. The van der Waals surface area contributed by atoms with Gasteiger partial charge in [-0.05, 0) is 48.0 Å². The highest BCUT2D eigenvalue weighted by Crippen LogP contribution is 2.38. The van der Waals surface area contributed by atoms with Crippen molar-refractivity contribution < 1.29 is 9.53 Å². The Morgan fingerprint density at radius 2 is 1.86 bits per heavy atom. The Morgan fingerprint density at radius 1 is 1.10 bits per heavy atom. The summed E-state index contributed by atoms with van der Waals surface area (Å²) in [7, 11) is 1.69. The predicted octanol–water partition coefficient (Wildman–Crippen LogP) is 4.34. The SMILES string of the molecule is COc1ccccc1CN1CCC(Cc2ccccc2-c2cccs2)(C(N)=O)C1. The number of nitrogens with zero attached hydrogens (tertiary/aromatic N) is 1. The molecule has 4 nitrogen and oxygen atoms in total. The average molecular weight is 407 g/mol. The van der Waals surface area contributed by atoms with Crippen LogP contribution in [0.4, 0.5) is 0 Å². The Morgan fingerprint density at radius 3 is 2.59 bits per heavy atom. The molecule has 2 heterocycles. The van der Waals surface area contributed by atoms with E-state index in [1.165, 1.54) is 16.0 Å². The molecule has 4 rings (SSSR count). The predicted molar refractivity (Wildman–Crippen MR) is 118 cm³/mol. The number of nitrogens with two attached hydrogens (primary N) is 1. The molecule has 3 aromatic rings. The molecule has 5 heteroatoms. The van der Waals surface area contributed by atoms with Crippen LogP contribution in [0.5, 0.6) is 5.75 Å². The summed E-state index contributed by atoms with van der Waals surface area (Å²) in [6.07, 6.45) is 1.44. The lowest BCUT2D eigenvalue weighted by molar-refractivity contribution is -0.127. The van der Waals surface area contributed by atoms with Crippen LogP contribution < -0.4 is 10.5 Å². The molecule has 0 bridgehead atoms. The van der Waals surface area contributed by atoms with Gasteiger partial charge in [0.15, 0.2) is 0 Å². The first-order valence-corrected chi connectivity index (χ1v) is 10.8. The zero-order chi connectivity index (χ0) is 20.3. The number of methoxy groups -OCH3 is 1. The van der Waals surface area contributed by atoms with Gasteiger partial charge < -0.3 is 10.5 Å². The molecule has 0 spiro atoms. The molecule has 29 heavy (non-hydrogen) atoms. The number of para-hydroxylation sites is 1. The smallest absolute Gasteiger partial charge is 0.225 e. The molecular formula is C24H26N2O2S. The van der Waals surface area contributed by atoms with Crippen molar-refractivity contribution in [1.29, 1.82) is 0 Å². The summed E-state index contributed by atoms with van der Waals surface area (Å²) in [6.45, 7) is 2.27. The number of carbonyl (C=O) groups excluding carboxylic acids is 1. The number of primary amides is 1. The number of benzene rings is 2. The van der Waals surface area contributed by atoms with Crippen LogP contribution in [0.15, 0.2) is 66.0 Å². The monoisotopic (exact) mass is 406 g/mol. The second kappa shape index (κ2) is 8.39. The number of likely N-dealkylation sites (tertiary alicyclic amines) is 1. The van der Waals surface area contributed by atoms with E-state index in [4.69, 9.17) is 10.5 Å². The van der Waals surface area contributed by atoms with E-state index in [0.717, 1.165) is 30.8 Å². The van der Waals surface area contributed by atoms with Gasteiger partial charge in [-0.25, -0.2) is 0 Å². The normalized spacial score (nSPS) is 19.3. The Labute approximate surface area is 175 Å². The second-order valence-electron chi connectivity index (χ2n) is 7.73. The summed E-state index contributed by atoms with van der Waals surface area (Å²) in [5.74, 6) is 0.674. The summed E-state index contributed by atoms with van der Waals surface area (Å²) in [6, 6.07) is 20.6. The average Bonchev–Trinajstić information content (AvgIpc) is 3.40. The van der Waals surface area contributed by atoms with Crippen molar-refractivity contribution in [3.8, 4) is 16.2 Å². The highest BCUT2D eigenvalue weighted by Gasteiger charge is 2.43. The number of thiophene rings is 1.